The third-order valence-corrected chi connectivity index (χ3v) is 3.71. The van der Waals surface area contributed by atoms with Crippen molar-refractivity contribution in [3.8, 4) is 0 Å². The average molecular weight is 280 g/mol. The summed E-state index contributed by atoms with van der Waals surface area (Å²) in [6.07, 6.45) is 4.36. The highest BCUT2D eigenvalue weighted by molar-refractivity contribution is 5.82. The van der Waals surface area contributed by atoms with Gasteiger partial charge in [-0.25, -0.2) is 14.6 Å². The summed E-state index contributed by atoms with van der Waals surface area (Å²) in [7, 11) is 1.69. The molecule has 1 fully saturated rings. The SMILES string of the molecule is CC1CC1CN(C)C(=O)N[C@@H](Cc1cnc[nH]1)C(=O)O. The number of imidazole rings is 1. The topological polar surface area (TPSA) is 98.3 Å². The summed E-state index contributed by atoms with van der Waals surface area (Å²) in [6, 6.07) is -1.31. The van der Waals surface area contributed by atoms with Crippen molar-refractivity contribution in [2.75, 3.05) is 13.6 Å². The monoisotopic (exact) mass is 280 g/mol. The number of aromatic nitrogens is 2. The number of nitrogens with zero attached hydrogens (tertiary/aromatic N) is 2. The molecule has 110 valence electrons. The number of amides is 2. The second kappa shape index (κ2) is 5.94. The van der Waals surface area contributed by atoms with Crippen LogP contribution in [0.4, 0.5) is 4.79 Å². The fraction of sp³-hybridized carbons (Fsp3) is 0.615. The molecule has 2 unspecified atom stereocenters. The predicted octanol–water partition coefficient (Wildman–Crippen LogP) is 0.703. The molecule has 0 spiro atoms. The zero-order valence-corrected chi connectivity index (χ0v) is 11.7. The smallest absolute Gasteiger partial charge is 0.326 e. The Hall–Kier alpha value is -2.05. The fourth-order valence-electron chi connectivity index (χ4n) is 2.16. The number of hydrogen-bond acceptors (Lipinski definition) is 3. The summed E-state index contributed by atoms with van der Waals surface area (Å²) in [4.78, 5) is 31.4. The molecule has 0 bridgehead atoms. The van der Waals surface area contributed by atoms with E-state index in [1.807, 2.05) is 0 Å². The Morgan fingerprint density at radius 2 is 2.35 bits per heavy atom. The molecule has 7 heteroatoms. The second-order valence-corrected chi connectivity index (χ2v) is 5.47. The molecule has 1 heterocycles. The Morgan fingerprint density at radius 1 is 1.65 bits per heavy atom. The first kappa shape index (κ1) is 14.4. The van der Waals surface area contributed by atoms with Crippen LogP contribution in [-0.4, -0.2) is 51.6 Å². The first-order chi connectivity index (χ1) is 9.47. The van der Waals surface area contributed by atoms with Crippen molar-refractivity contribution in [2.24, 2.45) is 11.8 Å². The molecule has 1 aromatic heterocycles. The number of nitrogens with one attached hydrogen (secondary N) is 2. The van der Waals surface area contributed by atoms with Gasteiger partial charge in [0.1, 0.15) is 6.04 Å². The highest BCUT2D eigenvalue weighted by Crippen LogP contribution is 2.37. The molecular formula is C13H20N4O3. The van der Waals surface area contributed by atoms with Crippen LogP contribution >= 0.6 is 0 Å². The number of carbonyl (C=O) groups is 2. The summed E-state index contributed by atoms with van der Waals surface area (Å²) in [5.74, 6) is 0.147. The van der Waals surface area contributed by atoms with Gasteiger partial charge >= 0.3 is 12.0 Å². The van der Waals surface area contributed by atoms with Crippen LogP contribution in [0.15, 0.2) is 12.5 Å². The van der Waals surface area contributed by atoms with Crippen molar-refractivity contribution < 1.29 is 14.7 Å². The molecule has 1 aliphatic carbocycles. The Bertz CT molecular complexity index is 474. The lowest BCUT2D eigenvalue weighted by Crippen LogP contribution is -2.48. The van der Waals surface area contributed by atoms with E-state index in [4.69, 9.17) is 0 Å². The van der Waals surface area contributed by atoms with E-state index in [1.54, 1.807) is 18.1 Å². The van der Waals surface area contributed by atoms with Crippen molar-refractivity contribution in [1.82, 2.24) is 20.2 Å². The Balaban J connectivity index is 1.86. The molecule has 1 aliphatic rings. The quantitative estimate of drug-likeness (QED) is 0.714. The van der Waals surface area contributed by atoms with Gasteiger partial charge in [0.25, 0.3) is 0 Å². The standard InChI is InChI=1S/C13H20N4O3/c1-8-3-9(8)6-17(2)13(20)16-11(12(18)19)4-10-5-14-7-15-10/h5,7-9,11H,3-4,6H2,1-2H3,(H,14,15)(H,16,20)(H,18,19)/t8?,9?,11-/m0/s1. The number of aromatic amines is 1. The van der Waals surface area contributed by atoms with Gasteiger partial charge in [-0.2, -0.15) is 0 Å². The van der Waals surface area contributed by atoms with Crippen LogP contribution < -0.4 is 5.32 Å². The van der Waals surface area contributed by atoms with Gasteiger partial charge < -0.3 is 20.3 Å². The molecular weight excluding hydrogens is 260 g/mol. The van der Waals surface area contributed by atoms with Crippen LogP contribution in [0.2, 0.25) is 0 Å². The predicted molar refractivity (Wildman–Crippen MR) is 72.1 cm³/mol. The average Bonchev–Trinajstić information content (AvgIpc) is 2.89. The van der Waals surface area contributed by atoms with E-state index >= 15 is 0 Å². The molecule has 3 N–H and O–H groups in total. The number of aliphatic carboxylic acids is 1. The van der Waals surface area contributed by atoms with Crippen LogP contribution in [0.25, 0.3) is 0 Å². The number of urea groups is 1. The van der Waals surface area contributed by atoms with Crippen LogP contribution in [0.1, 0.15) is 19.0 Å². The molecule has 0 saturated heterocycles. The number of carboxylic acids is 1. The van der Waals surface area contributed by atoms with E-state index in [1.165, 1.54) is 6.33 Å². The number of H-pyrrole nitrogens is 1. The third-order valence-electron chi connectivity index (χ3n) is 3.71. The largest absolute Gasteiger partial charge is 0.480 e. The number of carboxylic acid groups (broad SMARTS) is 1. The van der Waals surface area contributed by atoms with Gasteiger partial charge in [-0.3, -0.25) is 0 Å². The third kappa shape index (κ3) is 3.72. The maximum Gasteiger partial charge on any atom is 0.326 e. The Kier molecular flexibility index (Phi) is 4.26. The van der Waals surface area contributed by atoms with Crippen LogP contribution in [-0.2, 0) is 11.2 Å². The van der Waals surface area contributed by atoms with Crippen molar-refractivity contribution in [3.05, 3.63) is 18.2 Å². The van der Waals surface area contributed by atoms with Gasteiger partial charge in [0.2, 0.25) is 0 Å². The summed E-state index contributed by atoms with van der Waals surface area (Å²) in [5, 5.41) is 11.7. The molecule has 7 nitrogen and oxygen atoms in total. The van der Waals surface area contributed by atoms with Gasteiger partial charge in [0.15, 0.2) is 0 Å². The van der Waals surface area contributed by atoms with Crippen molar-refractivity contribution >= 4 is 12.0 Å². The zero-order chi connectivity index (χ0) is 14.7. The van der Waals surface area contributed by atoms with Gasteiger partial charge in [-0.05, 0) is 18.3 Å². The minimum atomic E-state index is -1.05. The molecule has 2 rings (SSSR count). The lowest BCUT2D eigenvalue weighted by atomic mass is 10.1. The molecule has 3 atom stereocenters. The second-order valence-electron chi connectivity index (χ2n) is 5.47. The lowest BCUT2D eigenvalue weighted by Gasteiger charge is -2.21. The number of rotatable bonds is 6. The maximum atomic E-state index is 12.0. The van der Waals surface area contributed by atoms with E-state index < -0.39 is 12.0 Å². The van der Waals surface area contributed by atoms with Crippen LogP contribution in [0.5, 0.6) is 0 Å². The Labute approximate surface area is 117 Å². The molecule has 20 heavy (non-hydrogen) atoms. The fourth-order valence-corrected chi connectivity index (χ4v) is 2.16. The minimum absolute atomic E-state index is 0.189. The van der Waals surface area contributed by atoms with Gasteiger partial charge in [-0.1, -0.05) is 6.92 Å². The summed E-state index contributed by atoms with van der Waals surface area (Å²) >= 11 is 0. The van der Waals surface area contributed by atoms with E-state index in [0.717, 1.165) is 6.42 Å². The highest BCUT2D eigenvalue weighted by atomic mass is 16.4. The van der Waals surface area contributed by atoms with Gasteiger partial charge in [-0.15, -0.1) is 0 Å². The number of hydrogen-bond donors (Lipinski definition) is 3. The molecule has 0 aromatic carbocycles. The summed E-state index contributed by atoms with van der Waals surface area (Å²) in [5.41, 5.74) is 0.677. The van der Waals surface area contributed by atoms with Gasteiger partial charge in [0.05, 0.1) is 6.33 Å². The molecule has 1 saturated carbocycles. The van der Waals surface area contributed by atoms with Crippen LogP contribution in [0.3, 0.4) is 0 Å². The summed E-state index contributed by atoms with van der Waals surface area (Å²) in [6.45, 7) is 2.82. The van der Waals surface area contributed by atoms with E-state index in [-0.39, 0.29) is 12.5 Å². The lowest BCUT2D eigenvalue weighted by molar-refractivity contribution is -0.139. The zero-order valence-electron chi connectivity index (χ0n) is 11.7. The molecule has 1 aromatic rings. The van der Waals surface area contributed by atoms with E-state index in [9.17, 15) is 14.7 Å². The van der Waals surface area contributed by atoms with Gasteiger partial charge in [0, 0.05) is 31.9 Å². The van der Waals surface area contributed by atoms with E-state index in [0.29, 0.717) is 24.1 Å². The number of carbonyl (C=O) groups excluding carboxylic acids is 1. The normalized spacial score (nSPS) is 22.1. The summed E-state index contributed by atoms with van der Waals surface area (Å²) < 4.78 is 0. The van der Waals surface area contributed by atoms with Crippen molar-refractivity contribution in [1.29, 1.82) is 0 Å². The molecule has 0 aliphatic heterocycles. The molecule has 0 radical (unpaired) electrons. The first-order valence-electron chi connectivity index (χ1n) is 6.69. The van der Waals surface area contributed by atoms with Crippen molar-refractivity contribution in [2.45, 2.75) is 25.8 Å². The Morgan fingerprint density at radius 3 is 2.85 bits per heavy atom. The maximum absolute atomic E-state index is 12.0. The first-order valence-corrected chi connectivity index (χ1v) is 6.69. The van der Waals surface area contributed by atoms with Crippen molar-refractivity contribution in [3.63, 3.8) is 0 Å². The van der Waals surface area contributed by atoms with Crippen LogP contribution in [0, 0.1) is 11.8 Å². The highest BCUT2D eigenvalue weighted by Gasteiger charge is 2.34. The molecule has 2 amide bonds. The minimum Gasteiger partial charge on any atom is -0.480 e. The van der Waals surface area contributed by atoms with E-state index in [2.05, 4.69) is 22.2 Å².